The molecule has 0 saturated heterocycles. The molecule has 1 saturated carbocycles. The second-order valence-electron chi connectivity index (χ2n) is 5.18. The Hall–Kier alpha value is -0.590. The number of nitriles is 1. The molecule has 98 valence electrons. The number of nitrogens with one attached hydrogen (secondary N) is 1. The number of hydrogen-bond acceptors (Lipinski definition) is 3. The van der Waals surface area contributed by atoms with Crippen LogP contribution in [-0.2, 0) is 0 Å². The Bertz CT molecular complexity index is 245. The lowest BCUT2D eigenvalue weighted by molar-refractivity contribution is 0.0943. The molecule has 0 aromatic carbocycles. The molecule has 0 aromatic heterocycles. The van der Waals surface area contributed by atoms with Crippen LogP contribution in [0.15, 0.2) is 0 Å². The molecule has 0 heterocycles. The van der Waals surface area contributed by atoms with Crippen LogP contribution >= 0.6 is 0 Å². The van der Waals surface area contributed by atoms with Crippen molar-refractivity contribution >= 4 is 0 Å². The van der Waals surface area contributed by atoms with Crippen molar-refractivity contribution in [1.82, 2.24) is 5.32 Å². The number of hydrogen-bond donors (Lipinski definition) is 2. The van der Waals surface area contributed by atoms with Gasteiger partial charge < -0.3 is 10.4 Å². The third-order valence-corrected chi connectivity index (χ3v) is 4.11. The van der Waals surface area contributed by atoms with Gasteiger partial charge in [0.15, 0.2) is 0 Å². The van der Waals surface area contributed by atoms with E-state index in [-0.39, 0.29) is 18.1 Å². The maximum Gasteiger partial charge on any atom is 0.0692 e. The number of nitrogens with zero attached hydrogens (tertiary/aromatic N) is 1. The van der Waals surface area contributed by atoms with Gasteiger partial charge in [0.25, 0.3) is 0 Å². The standard InChI is InChI=1S/C14H26N2O/c1-3-11(4-2)14(17)10-16-13-8-6-5-7-12(13)9-15/h11-14,16-17H,3-8,10H2,1-2H3. The van der Waals surface area contributed by atoms with Gasteiger partial charge in [-0.3, -0.25) is 0 Å². The number of rotatable bonds is 6. The van der Waals surface area contributed by atoms with Crippen molar-refractivity contribution in [3.63, 3.8) is 0 Å². The molecular formula is C14H26N2O. The topological polar surface area (TPSA) is 56.0 Å². The van der Waals surface area contributed by atoms with Gasteiger partial charge in [0.05, 0.1) is 18.1 Å². The van der Waals surface area contributed by atoms with Crippen molar-refractivity contribution in [2.24, 2.45) is 11.8 Å². The zero-order valence-corrected chi connectivity index (χ0v) is 11.2. The predicted molar refractivity (Wildman–Crippen MR) is 69.4 cm³/mol. The van der Waals surface area contributed by atoms with E-state index in [1.54, 1.807) is 0 Å². The molecule has 3 unspecified atom stereocenters. The van der Waals surface area contributed by atoms with Crippen LogP contribution in [0.5, 0.6) is 0 Å². The minimum atomic E-state index is -0.272. The van der Waals surface area contributed by atoms with Crippen LogP contribution in [0.4, 0.5) is 0 Å². The van der Waals surface area contributed by atoms with Crippen LogP contribution in [0.25, 0.3) is 0 Å². The third kappa shape index (κ3) is 4.29. The van der Waals surface area contributed by atoms with E-state index in [0.717, 1.165) is 25.7 Å². The van der Waals surface area contributed by atoms with Crippen molar-refractivity contribution in [3.8, 4) is 6.07 Å². The van der Waals surface area contributed by atoms with Crippen LogP contribution in [0.1, 0.15) is 52.4 Å². The van der Waals surface area contributed by atoms with Crippen LogP contribution < -0.4 is 5.32 Å². The average Bonchev–Trinajstić information content (AvgIpc) is 2.38. The number of aliphatic hydroxyl groups is 1. The molecular weight excluding hydrogens is 212 g/mol. The zero-order chi connectivity index (χ0) is 12.7. The Morgan fingerprint density at radius 1 is 1.29 bits per heavy atom. The summed E-state index contributed by atoms with van der Waals surface area (Å²) in [6.45, 7) is 4.88. The van der Waals surface area contributed by atoms with Crippen LogP contribution in [-0.4, -0.2) is 23.8 Å². The normalized spacial score (nSPS) is 26.8. The van der Waals surface area contributed by atoms with E-state index in [1.807, 2.05) is 0 Å². The minimum absolute atomic E-state index is 0.137. The van der Waals surface area contributed by atoms with E-state index >= 15 is 0 Å². The maximum absolute atomic E-state index is 10.1. The van der Waals surface area contributed by atoms with Crippen molar-refractivity contribution in [2.45, 2.75) is 64.5 Å². The summed E-state index contributed by atoms with van der Waals surface area (Å²) >= 11 is 0. The largest absolute Gasteiger partial charge is 0.392 e. The molecule has 1 aliphatic rings. The van der Waals surface area contributed by atoms with E-state index < -0.39 is 0 Å². The Morgan fingerprint density at radius 2 is 1.94 bits per heavy atom. The lowest BCUT2D eigenvalue weighted by Crippen LogP contribution is -2.43. The van der Waals surface area contributed by atoms with Gasteiger partial charge >= 0.3 is 0 Å². The lowest BCUT2D eigenvalue weighted by atomic mass is 9.85. The van der Waals surface area contributed by atoms with E-state index in [1.165, 1.54) is 12.8 Å². The van der Waals surface area contributed by atoms with Crippen molar-refractivity contribution in [1.29, 1.82) is 5.26 Å². The molecule has 3 nitrogen and oxygen atoms in total. The summed E-state index contributed by atoms with van der Waals surface area (Å²) in [5.41, 5.74) is 0. The van der Waals surface area contributed by atoms with E-state index in [0.29, 0.717) is 12.5 Å². The highest BCUT2D eigenvalue weighted by Gasteiger charge is 2.25. The van der Waals surface area contributed by atoms with Crippen LogP contribution in [0, 0.1) is 23.2 Å². The monoisotopic (exact) mass is 238 g/mol. The fourth-order valence-corrected chi connectivity index (χ4v) is 2.80. The SMILES string of the molecule is CCC(CC)C(O)CNC1CCCCC1C#N. The minimum Gasteiger partial charge on any atom is -0.392 e. The second kappa shape index (κ2) is 7.68. The van der Waals surface area contributed by atoms with E-state index in [2.05, 4.69) is 25.2 Å². The molecule has 1 rings (SSSR count). The zero-order valence-electron chi connectivity index (χ0n) is 11.2. The van der Waals surface area contributed by atoms with Gasteiger partial charge in [-0.15, -0.1) is 0 Å². The first-order valence-electron chi connectivity index (χ1n) is 7.03. The first-order valence-corrected chi connectivity index (χ1v) is 7.03. The molecule has 3 heteroatoms. The molecule has 0 amide bonds. The lowest BCUT2D eigenvalue weighted by Gasteiger charge is -2.30. The Balaban J connectivity index is 2.35. The summed E-state index contributed by atoms with van der Waals surface area (Å²) in [6, 6.07) is 2.68. The van der Waals surface area contributed by atoms with Gasteiger partial charge in [0, 0.05) is 12.6 Å². The van der Waals surface area contributed by atoms with Gasteiger partial charge in [-0.25, -0.2) is 0 Å². The van der Waals surface area contributed by atoms with Crippen LogP contribution in [0.2, 0.25) is 0 Å². The van der Waals surface area contributed by atoms with E-state index in [4.69, 9.17) is 5.26 Å². The molecule has 0 aliphatic heterocycles. The number of aliphatic hydroxyl groups excluding tert-OH is 1. The Kier molecular flexibility index (Phi) is 6.54. The summed E-state index contributed by atoms with van der Waals surface area (Å²) in [5, 5.41) is 22.5. The summed E-state index contributed by atoms with van der Waals surface area (Å²) in [6.07, 6.45) is 6.23. The molecule has 0 radical (unpaired) electrons. The summed E-state index contributed by atoms with van der Waals surface area (Å²) in [7, 11) is 0. The molecule has 17 heavy (non-hydrogen) atoms. The van der Waals surface area contributed by atoms with Gasteiger partial charge in [0.2, 0.25) is 0 Å². The second-order valence-corrected chi connectivity index (χ2v) is 5.18. The van der Waals surface area contributed by atoms with Crippen molar-refractivity contribution in [2.75, 3.05) is 6.54 Å². The quantitative estimate of drug-likeness (QED) is 0.747. The molecule has 2 N–H and O–H groups in total. The fourth-order valence-electron chi connectivity index (χ4n) is 2.80. The molecule has 0 spiro atoms. The first-order chi connectivity index (χ1) is 8.22. The molecule has 1 fully saturated rings. The maximum atomic E-state index is 10.1. The van der Waals surface area contributed by atoms with E-state index in [9.17, 15) is 5.11 Å². The highest BCUT2D eigenvalue weighted by molar-refractivity contribution is 4.94. The fraction of sp³-hybridized carbons (Fsp3) is 0.929. The summed E-state index contributed by atoms with van der Waals surface area (Å²) in [5.74, 6) is 0.518. The molecule has 0 bridgehead atoms. The highest BCUT2D eigenvalue weighted by Crippen LogP contribution is 2.24. The molecule has 0 aromatic rings. The average molecular weight is 238 g/mol. The van der Waals surface area contributed by atoms with Crippen molar-refractivity contribution in [3.05, 3.63) is 0 Å². The predicted octanol–water partition coefficient (Wildman–Crippen LogP) is 2.46. The first kappa shape index (κ1) is 14.5. The highest BCUT2D eigenvalue weighted by atomic mass is 16.3. The Morgan fingerprint density at radius 3 is 2.53 bits per heavy atom. The summed E-state index contributed by atoms with van der Waals surface area (Å²) in [4.78, 5) is 0. The van der Waals surface area contributed by atoms with Crippen LogP contribution in [0.3, 0.4) is 0 Å². The third-order valence-electron chi connectivity index (χ3n) is 4.11. The van der Waals surface area contributed by atoms with Gasteiger partial charge in [-0.1, -0.05) is 39.5 Å². The van der Waals surface area contributed by atoms with Gasteiger partial charge in [-0.2, -0.15) is 5.26 Å². The Labute approximate surface area is 105 Å². The van der Waals surface area contributed by atoms with Gasteiger partial charge in [-0.05, 0) is 18.8 Å². The molecule has 1 aliphatic carbocycles. The summed E-state index contributed by atoms with van der Waals surface area (Å²) < 4.78 is 0. The van der Waals surface area contributed by atoms with Crippen molar-refractivity contribution < 1.29 is 5.11 Å². The van der Waals surface area contributed by atoms with Gasteiger partial charge in [0.1, 0.15) is 0 Å². The smallest absolute Gasteiger partial charge is 0.0692 e. The molecule has 3 atom stereocenters.